The predicted octanol–water partition coefficient (Wildman–Crippen LogP) is 2.11. The third-order valence-corrected chi connectivity index (χ3v) is 4.65. The van der Waals surface area contributed by atoms with Crippen molar-refractivity contribution in [2.45, 2.75) is 19.4 Å². The first kappa shape index (κ1) is 17.9. The lowest BCUT2D eigenvalue weighted by atomic mass is 9.95. The summed E-state index contributed by atoms with van der Waals surface area (Å²) >= 11 is 0. The van der Waals surface area contributed by atoms with Crippen LogP contribution in [0.2, 0.25) is 0 Å². The molecule has 0 spiro atoms. The summed E-state index contributed by atoms with van der Waals surface area (Å²) in [7, 11) is 0. The summed E-state index contributed by atoms with van der Waals surface area (Å²) in [6, 6.07) is 17.1. The maximum absolute atomic E-state index is 12.9. The quantitative estimate of drug-likeness (QED) is 0.490. The van der Waals surface area contributed by atoms with Crippen LogP contribution in [0.5, 0.6) is 5.75 Å². The van der Waals surface area contributed by atoms with Crippen LogP contribution in [0.25, 0.3) is 0 Å². The van der Waals surface area contributed by atoms with Gasteiger partial charge in [0, 0.05) is 19.0 Å². The highest BCUT2D eigenvalue weighted by Gasteiger charge is 2.28. The number of rotatable bonds is 5. The highest BCUT2D eigenvalue weighted by molar-refractivity contribution is 5.97. The van der Waals surface area contributed by atoms with Crippen LogP contribution in [-0.2, 0) is 11.4 Å². The number of hydrogen-bond donors (Lipinski definition) is 2. The van der Waals surface area contributed by atoms with Crippen molar-refractivity contribution in [3.63, 3.8) is 0 Å². The fourth-order valence-corrected chi connectivity index (χ4v) is 3.14. The van der Waals surface area contributed by atoms with E-state index in [1.54, 1.807) is 11.0 Å². The Bertz CT molecular complexity index is 756. The molecule has 0 aromatic heterocycles. The number of carbonyl (C=O) groups is 2. The SMILES string of the molecule is NNC(=O)C1CCN(C(=O)c2ccccc2OCc2ccccc2)CC1. The van der Waals surface area contributed by atoms with Gasteiger partial charge in [-0.1, -0.05) is 42.5 Å². The number of amides is 2. The predicted molar refractivity (Wildman–Crippen MR) is 98.2 cm³/mol. The summed E-state index contributed by atoms with van der Waals surface area (Å²) in [6.07, 6.45) is 1.23. The normalized spacial score (nSPS) is 14.7. The number of ether oxygens (including phenoxy) is 1. The number of benzene rings is 2. The van der Waals surface area contributed by atoms with E-state index in [-0.39, 0.29) is 17.7 Å². The topological polar surface area (TPSA) is 84.7 Å². The molecule has 2 aromatic carbocycles. The van der Waals surface area contributed by atoms with E-state index in [1.165, 1.54) is 0 Å². The van der Waals surface area contributed by atoms with Crippen molar-refractivity contribution in [3.05, 3.63) is 65.7 Å². The van der Waals surface area contributed by atoms with Crippen LogP contribution in [0.1, 0.15) is 28.8 Å². The Morgan fingerprint density at radius 3 is 2.38 bits per heavy atom. The molecule has 0 bridgehead atoms. The molecule has 26 heavy (non-hydrogen) atoms. The Labute approximate surface area is 152 Å². The van der Waals surface area contributed by atoms with E-state index in [4.69, 9.17) is 10.6 Å². The van der Waals surface area contributed by atoms with Gasteiger partial charge in [-0.3, -0.25) is 15.0 Å². The molecule has 1 heterocycles. The van der Waals surface area contributed by atoms with Crippen LogP contribution in [0.3, 0.4) is 0 Å². The van der Waals surface area contributed by atoms with Crippen molar-refractivity contribution < 1.29 is 14.3 Å². The number of hydrazine groups is 1. The molecule has 2 amide bonds. The molecule has 3 rings (SSSR count). The van der Waals surface area contributed by atoms with Gasteiger partial charge in [0.25, 0.3) is 5.91 Å². The smallest absolute Gasteiger partial charge is 0.257 e. The molecule has 0 unspecified atom stereocenters. The molecule has 1 aliphatic heterocycles. The zero-order valence-corrected chi connectivity index (χ0v) is 14.6. The van der Waals surface area contributed by atoms with Crippen molar-refractivity contribution in [2.24, 2.45) is 11.8 Å². The number of para-hydroxylation sites is 1. The minimum absolute atomic E-state index is 0.0692. The average Bonchev–Trinajstić information content (AvgIpc) is 2.72. The maximum Gasteiger partial charge on any atom is 0.257 e. The molecule has 2 aromatic rings. The number of nitrogens with one attached hydrogen (secondary N) is 1. The largest absolute Gasteiger partial charge is 0.488 e. The molecule has 3 N–H and O–H groups in total. The number of nitrogens with two attached hydrogens (primary N) is 1. The molecule has 0 saturated carbocycles. The van der Waals surface area contributed by atoms with Gasteiger partial charge >= 0.3 is 0 Å². The minimum Gasteiger partial charge on any atom is -0.488 e. The zero-order valence-electron chi connectivity index (χ0n) is 14.6. The summed E-state index contributed by atoms with van der Waals surface area (Å²) in [5.74, 6) is 5.40. The average molecular weight is 353 g/mol. The van der Waals surface area contributed by atoms with Gasteiger partial charge in [-0.25, -0.2) is 5.84 Å². The fraction of sp³-hybridized carbons (Fsp3) is 0.300. The Morgan fingerprint density at radius 2 is 1.69 bits per heavy atom. The highest BCUT2D eigenvalue weighted by atomic mass is 16.5. The van der Waals surface area contributed by atoms with Crippen LogP contribution in [0, 0.1) is 5.92 Å². The molecular weight excluding hydrogens is 330 g/mol. The van der Waals surface area contributed by atoms with Gasteiger partial charge in [-0.15, -0.1) is 0 Å². The number of likely N-dealkylation sites (tertiary alicyclic amines) is 1. The number of hydrogen-bond acceptors (Lipinski definition) is 4. The van der Waals surface area contributed by atoms with Crippen LogP contribution in [-0.4, -0.2) is 29.8 Å². The third kappa shape index (κ3) is 4.21. The Morgan fingerprint density at radius 1 is 1.04 bits per heavy atom. The second kappa shape index (κ2) is 8.49. The van der Waals surface area contributed by atoms with Crippen molar-refractivity contribution >= 4 is 11.8 Å². The summed E-state index contributed by atoms with van der Waals surface area (Å²) < 4.78 is 5.88. The first-order valence-corrected chi connectivity index (χ1v) is 8.74. The van der Waals surface area contributed by atoms with Crippen LogP contribution < -0.4 is 16.0 Å². The molecule has 6 nitrogen and oxygen atoms in total. The Hall–Kier alpha value is -2.86. The van der Waals surface area contributed by atoms with Crippen LogP contribution in [0.4, 0.5) is 0 Å². The number of piperidine rings is 1. The Kier molecular flexibility index (Phi) is 5.86. The summed E-state index contributed by atoms with van der Waals surface area (Å²) in [4.78, 5) is 26.3. The molecular formula is C20H23N3O3. The van der Waals surface area contributed by atoms with Crippen LogP contribution >= 0.6 is 0 Å². The van der Waals surface area contributed by atoms with Crippen LogP contribution in [0.15, 0.2) is 54.6 Å². The molecule has 1 fully saturated rings. The lowest BCUT2D eigenvalue weighted by Gasteiger charge is -2.31. The summed E-state index contributed by atoms with van der Waals surface area (Å²) in [6.45, 7) is 1.47. The van der Waals surface area contributed by atoms with Gasteiger partial charge in [0.05, 0.1) is 5.56 Å². The molecule has 0 aliphatic carbocycles. The standard InChI is InChI=1S/C20H23N3O3/c21-22-19(24)16-10-12-23(13-11-16)20(25)17-8-4-5-9-18(17)26-14-15-6-2-1-3-7-15/h1-9,16H,10-14,21H2,(H,22,24). The van der Waals surface area contributed by atoms with Gasteiger partial charge < -0.3 is 9.64 Å². The van der Waals surface area contributed by atoms with Crippen molar-refractivity contribution in [3.8, 4) is 5.75 Å². The highest BCUT2D eigenvalue weighted by Crippen LogP contribution is 2.24. The summed E-state index contributed by atoms with van der Waals surface area (Å²) in [5, 5.41) is 0. The molecule has 1 saturated heterocycles. The molecule has 0 radical (unpaired) electrons. The Balaban J connectivity index is 1.65. The van der Waals surface area contributed by atoms with Crippen molar-refractivity contribution in [1.29, 1.82) is 0 Å². The van der Waals surface area contributed by atoms with E-state index in [0.717, 1.165) is 5.56 Å². The zero-order chi connectivity index (χ0) is 18.4. The van der Waals surface area contributed by atoms with Gasteiger partial charge in [0.2, 0.25) is 5.91 Å². The van der Waals surface area contributed by atoms with E-state index >= 15 is 0 Å². The molecule has 1 aliphatic rings. The van der Waals surface area contributed by atoms with Gasteiger partial charge in [0.1, 0.15) is 12.4 Å². The first-order chi connectivity index (χ1) is 12.7. The lowest BCUT2D eigenvalue weighted by Crippen LogP contribution is -2.44. The molecule has 0 atom stereocenters. The monoisotopic (exact) mass is 353 g/mol. The second-order valence-corrected chi connectivity index (χ2v) is 6.35. The van der Waals surface area contributed by atoms with Gasteiger partial charge in [-0.2, -0.15) is 0 Å². The third-order valence-electron chi connectivity index (χ3n) is 4.65. The van der Waals surface area contributed by atoms with E-state index < -0.39 is 0 Å². The fourth-order valence-electron chi connectivity index (χ4n) is 3.14. The van der Waals surface area contributed by atoms with E-state index in [0.29, 0.717) is 43.9 Å². The second-order valence-electron chi connectivity index (χ2n) is 6.35. The van der Waals surface area contributed by atoms with E-state index in [1.807, 2.05) is 48.5 Å². The minimum atomic E-state index is -0.163. The van der Waals surface area contributed by atoms with E-state index in [2.05, 4.69) is 5.43 Å². The lowest BCUT2D eigenvalue weighted by molar-refractivity contribution is -0.126. The van der Waals surface area contributed by atoms with Gasteiger partial charge in [-0.05, 0) is 30.5 Å². The van der Waals surface area contributed by atoms with Gasteiger partial charge in [0.15, 0.2) is 0 Å². The first-order valence-electron chi connectivity index (χ1n) is 8.74. The maximum atomic E-state index is 12.9. The molecule has 6 heteroatoms. The van der Waals surface area contributed by atoms with Crippen molar-refractivity contribution in [1.82, 2.24) is 10.3 Å². The molecule has 136 valence electrons. The summed E-state index contributed by atoms with van der Waals surface area (Å²) in [5.41, 5.74) is 3.78. The number of carbonyl (C=O) groups excluding carboxylic acids is 2. The number of nitrogens with zero attached hydrogens (tertiary/aromatic N) is 1. The van der Waals surface area contributed by atoms with Crippen molar-refractivity contribution in [2.75, 3.05) is 13.1 Å². The van der Waals surface area contributed by atoms with E-state index in [9.17, 15) is 9.59 Å².